The summed E-state index contributed by atoms with van der Waals surface area (Å²) < 4.78 is 10.8. The lowest BCUT2D eigenvalue weighted by atomic mass is 10.3. The molecular formula is C14H17N3O2S. The number of ether oxygens (including phenoxy) is 2. The number of hydrogen-bond donors (Lipinski definition) is 1. The Labute approximate surface area is 122 Å². The van der Waals surface area contributed by atoms with E-state index in [0.717, 1.165) is 5.75 Å². The van der Waals surface area contributed by atoms with Gasteiger partial charge in [0.2, 0.25) is 5.88 Å². The Morgan fingerprint density at radius 3 is 2.55 bits per heavy atom. The molecule has 0 radical (unpaired) electrons. The summed E-state index contributed by atoms with van der Waals surface area (Å²) >= 11 is 1.69. The largest absolute Gasteiger partial charge is 0.439 e. The normalized spacial score (nSPS) is 10.3. The van der Waals surface area contributed by atoms with Gasteiger partial charge in [-0.1, -0.05) is 0 Å². The Balaban J connectivity index is 2.20. The molecule has 0 fully saturated rings. The summed E-state index contributed by atoms with van der Waals surface area (Å²) in [4.78, 5) is 9.78. The maximum atomic E-state index is 5.75. The van der Waals surface area contributed by atoms with Gasteiger partial charge in [-0.15, -0.1) is 11.8 Å². The number of thioether (sulfide) groups is 1. The number of nitrogens with one attached hydrogen (secondary N) is 1. The first-order valence-electron chi connectivity index (χ1n) is 6.11. The van der Waals surface area contributed by atoms with E-state index >= 15 is 0 Å². The first-order chi connectivity index (χ1) is 9.75. The molecule has 0 spiro atoms. The molecule has 0 amide bonds. The molecule has 0 saturated heterocycles. The van der Waals surface area contributed by atoms with Gasteiger partial charge in [0, 0.05) is 25.1 Å². The fourth-order valence-corrected chi connectivity index (χ4v) is 2.02. The number of nitrogens with zero attached hydrogens (tertiary/aromatic N) is 2. The van der Waals surface area contributed by atoms with Gasteiger partial charge < -0.3 is 14.8 Å². The summed E-state index contributed by atoms with van der Waals surface area (Å²) in [6, 6.07) is 9.61. The van der Waals surface area contributed by atoms with Gasteiger partial charge in [0.05, 0.1) is 0 Å². The number of methoxy groups -OCH3 is 1. The fourth-order valence-electron chi connectivity index (χ4n) is 1.61. The molecule has 0 aliphatic rings. The van der Waals surface area contributed by atoms with Crippen LogP contribution in [0.4, 0.5) is 5.82 Å². The Hall–Kier alpha value is -1.79. The zero-order chi connectivity index (χ0) is 14.4. The Morgan fingerprint density at radius 1 is 1.20 bits per heavy atom. The molecule has 106 valence electrons. The van der Waals surface area contributed by atoms with Gasteiger partial charge in [-0.2, -0.15) is 4.98 Å². The minimum atomic E-state index is 0.345. The molecule has 1 aromatic carbocycles. The van der Waals surface area contributed by atoms with E-state index in [0.29, 0.717) is 24.1 Å². The van der Waals surface area contributed by atoms with Crippen molar-refractivity contribution in [2.75, 3.05) is 25.7 Å². The van der Waals surface area contributed by atoms with Crippen LogP contribution in [0.15, 0.2) is 35.2 Å². The first kappa shape index (κ1) is 14.6. The van der Waals surface area contributed by atoms with Gasteiger partial charge in [0.1, 0.15) is 18.2 Å². The molecule has 20 heavy (non-hydrogen) atoms. The highest BCUT2D eigenvalue weighted by Crippen LogP contribution is 2.24. The molecule has 1 aromatic heterocycles. The second-order valence-corrected chi connectivity index (χ2v) is 4.85. The topological polar surface area (TPSA) is 56.3 Å². The van der Waals surface area contributed by atoms with Crippen molar-refractivity contribution in [3.05, 3.63) is 36.2 Å². The summed E-state index contributed by atoms with van der Waals surface area (Å²) in [6.07, 6.45) is 2.04. The van der Waals surface area contributed by atoms with E-state index in [-0.39, 0.29) is 0 Å². The Morgan fingerprint density at radius 2 is 1.95 bits per heavy atom. The fraction of sp³-hybridized carbons (Fsp3) is 0.286. The van der Waals surface area contributed by atoms with E-state index < -0.39 is 0 Å². The van der Waals surface area contributed by atoms with E-state index in [1.165, 1.54) is 4.90 Å². The first-order valence-corrected chi connectivity index (χ1v) is 7.34. The highest BCUT2D eigenvalue weighted by molar-refractivity contribution is 7.98. The van der Waals surface area contributed by atoms with Crippen LogP contribution in [0.25, 0.3) is 0 Å². The summed E-state index contributed by atoms with van der Waals surface area (Å²) in [5.41, 5.74) is 0. The standard InChI is InChI=1S/C14H17N3O2S/c1-15-12-8-14(17-13(16-12)9-18-2)19-10-4-6-11(20-3)7-5-10/h4-8H,9H2,1-3H3,(H,15,16,17). The van der Waals surface area contributed by atoms with Crippen LogP contribution in [0.2, 0.25) is 0 Å². The SMILES string of the molecule is CNc1cc(Oc2ccc(SC)cc2)nc(COC)n1. The number of hydrogen-bond acceptors (Lipinski definition) is 6. The van der Waals surface area contributed by atoms with Crippen LogP contribution in [0.3, 0.4) is 0 Å². The number of anilines is 1. The van der Waals surface area contributed by atoms with Gasteiger partial charge in [0.25, 0.3) is 0 Å². The van der Waals surface area contributed by atoms with Crippen molar-refractivity contribution >= 4 is 17.6 Å². The van der Waals surface area contributed by atoms with E-state index in [9.17, 15) is 0 Å². The van der Waals surface area contributed by atoms with Gasteiger partial charge in [-0.25, -0.2) is 4.98 Å². The van der Waals surface area contributed by atoms with E-state index in [2.05, 4.69) is 15.3 Å². The van der Waals surface area contributed by atoms with Crippen molar-refractivity contribution in [3.8, 4) is 11.6 Å². The molecule has 0 aliphatic heterocycles. The van der Waals surface area contributed by atoms with Gasteiger partial charge in [-0.05, 0) is 30.5 Å². The minimum Gasteiger partial charge on any atom is -0.439 e. The van der Waals surface area contributed by atoms with Crippen molar-refractivity contribution in [2.24, 2.45) is 0 Å². The lowest BCUT2D eigenvalue weighted by molar-refractivity contribution is 0.177. The van der Waals surface area contributed by atoms with E-state index in [1.807, 2.05) is 30.5 Å². The van der Waals surface area contributed by atoms with Crippen molar-refractivity contribution < 1.29 is 9.47 Å². The summed E-state index contributed by atoms with van der Waals surface area (Å²) in [7, 11) is 3.41. The van der Waals surface area contributed by atoms with Crippen LogP contribution in [0, 0.1) is 0 Å². The molecule has 1 N–H and O–H groups in total. The second-order valence-electron chi connectivity index (χ2n) is 3.97. The summed E-state index contributed by atoms with van der Waals surface area (Å²) in [5, 5.41) is 2.98. The predicted octanol–water partition coefficient (Wildman–Crippen LogP) is 3.18. The van der Waals surface area contributed by atoms with Gasteiger partial charge >= 0.3 is 0 Å². The van der Waals surface area contributed by atoms with Gasteiger partial charge in [-0.3, -0.25) is 0 Å². The van der Waals surface area contributed by atoms with Crippen molar-refractivity contribution in [1.29, 1.82) is 0 Å². The van der Waals surface area contributed by atoms with Gasteiger partial charge in [0.15, 0.2) is 5.82 Å². The monoisotopic (exact) mass is 291 g/mol. The summed E-state index contributed by atoms with van der Waals surface area (Å²) in [5.74, 6) is 2.51. The Kier molecular flexibility index (Phi) is 5.20. The molecule has 0 aliphatic carbocycles. The number of aromatic nitrogens is 2. The maximum Gasteiger partial charge on any atom is 0.224 e. The third kappa shape index (κ3) is 3.85. The van der Waals surface area contributed by atoms with Crippen LogP contribution in [0.1, 0.15) is 5.82 Å². The lowest BCUT2D eigenvalue weighted by Crippen LogP contribution is -2.02. The average Bonchev–Trinajstić information content (AvgIpc) is 2.48. The van der Waals surface area contributed by atoms with Crippen LogP contribution >= 0.6 is 11.8 Å². The zero-order valence-electron chi connectivity index (χ0n) is 11.7. The highest BCUT2D eigenvalue weighted by atomic mass is 32.2. The average molecular weight is 291 g/mol. The maximum absolute atomic E-state index is 5.75. The molecule has 0 unspecified atom stereocenters. The second kappa shape index (κ2) is 7.12. The predicted molar refractivity (Wildman–Crippen MR) is 80.6 cm³/mol. The van der Waals surface area contributed by atoms with Crippen molar-refractivity contribution in [1.82, 2.24) is 9.97 Å². The minimum absolute atomic E-state index is 0.345. The third-order valence-corrected chi connectivity index (χ3v) is 3.30. The van der Waals surface area contributed by atoms with Crippen LogP contribution in [-0.4, -0.2) is 30.4 Å². The molecule has 0 saturated carbocycles. The molecule has 2 aromatic rings. The zero-order valence-corrected chi connectivity index (χ0v) is 12.5. The third-order valence-electron chi connectivity index (χ3n) is 2.56. The molecule has 6 heteroatoms. The van der Waals surface area contributed by atoms with Crippen LogP contribution in [0.5, 0.6) is 11.6 Å². The quantitative estimate of drug-likeness (QED) is 0.825. The Bertz CT molecular complexity index is 561. The highest BCUT2D eigenvalue weighted by Gasteiger charge is 2.06. The van der Waals surface area contributed by atoms with Crippen molar-refractivity contribution in [2.45, 2.75) is 11.5 Å². The molecular weight excluding hydrogens is 274 g/mol. The van der Waals surface area contributed by atoms with Crippen LogP contribution in [-0.2, 0) is 11.3 Å². The molecule has 5 nitrogen and oxygen atoms in total. The molecule has 2 rings (SSSR count). The molecule has 0 atom stereocenters. The lowest BCUT2D eigenvalue weighted by Gasteiger charge is -2.09. The molecule has 1 heterocycles. The smallest absolute Gasteiger partial charge is 0.224 e. The number of rotatable bonds is 6. The van der Waals surface area contributed by atoms with E-state index in [4.69, 9.17) is 9.47 Å². The van der Waals surface area contributed by atoms with Crippen molar-refractivity contribution in [3.63, 3.8) is 0 Å². The molecule has 0 bridgehead atoms. The summed E-state index contributed by atoms with van der Waals surface area (Å²) in [6.45, 7) is 0.345. The van der Waals surface area contributed by atoms with Crippen LogP contribution < -0.4 is 10.1 Å². The van der Waals surface area contributed by atoms with E-state index in [1.54, 1.807) is 32.0 Å². The number of benzene rings is 1.